The summed E-state index contributed by atoms with van der Waals surface area (Å²) >= 11 is 0. The van der Waals surface area contributed by atoms with Gasteiger partial charge in [-0.05, 0) is 68.7 Å². The molecule has 0 aliphatic heterocycles. The Kier molecular flexibility index (Phi) is 9.58. The number of hydrogen-bond donors (Lipinski definition) is 1. The number of rotatable bonds is 10. The Morgan fingerprint density at radius 3 is 2.27 bits per heavy atom. The Morgan fingerprint density at radius 2 is 1.62 bits per heavy atom. The number of aryl methyl sites for hydroxylation is 1. The molecule has 0 radical (unpaired) electrons. The van der Waals surface area contributed by atoms with Crippen molar-refractivity contribution in [3.63, 3.8) is 0 Å². The Labute approximate surface area is 236 Å². The zero-order valence-corrected chi connectivity index (χ0v) is 23.7. The molecular formula is C31H36FN3O4S. The van der Waals surface area contributed by atoms with Crippen LogP contribution in [0, 0.1) is 12.7 Å². The van der Waals surface area contributed by atoms with Crippen LogP contribution in [0.2, 0.25) is 0 Å². The van der Waals surface area contributed by atoms with Gasteiger partial charge in [0.2, 0.25) is 11.8 Å². The van der Waals surface area contributed by atoms with Crippen LogP contribution < -0.4 is 9.62 Å². The van der Waals surface area contributed by atoms with Crippen molar-refractivity contribution in [1.82, 2.24) is 10.2 Å². The fourth-order valence-corrected chi connectivity index (χ4v) is 6.45. The molecule has 0 unspecified atom stereocenters. The number of nitrogens with one attached hydrogen (secondary N) is 1. The van der Waals surface area contributed by atoms with Gasteiger partial charge in [0.05, 0.1) is 10.6 Å². The highest BCUT2D eigenvalue weighted by molar-refractivity contribution is 7.92. The summed E-state index contributed by atoms with van der Waals surface area (Å²) in [6.07, 6.45) is 5.05. The molecule has 1 aliphatic rings. The van der Waals surface area contributed by atoms with Crippen LogP contribution in [0.5, 0.6) is 0 Å². The van der Waals surface area contributed by atoms with Crippen molar-refractivity contribution in [2.45, 2.75) is 69.5 Å². The summed E-state index contributed by atoms with van der Waals surface area (Å²) in [6.45, 7) is 3.18. The lowest BCUT2D eigenvalue weighted by Crippen LogP contribution is -2.53. The third kappa shape index (κ3) is 7.27. The van der Waals surface area contributed by atoms with Crippen molar-refractivity contribution >= 4 is 27.5 Å². The molecule has 1 N–H and O–H groups in total. The molecule has 9 heteroatoms. The van der Waals surface area contributed by atoms with Gasteiger partial charge in [0.15, 0.2) is 0 Å². The standard InChI is InChI=1S/C31H36FN3O4S/c1-23-10-9-11-25(20-23)21-34(24(2)31(37)33-27-12-5-3-6-13-27)30(36)22-35(28-18-16-26(32)17-19-28)40(38,39)29-14-7-4-8-15-29/h4,7-11,14-20,24,27H,3,5-6,12-13,21-22H2,1-2H3,(H,33,37)/t24-/m1/s1. The van der Waals surface area contributed by atoms with Crippen LogP contribution in [0.1, 0.15) is 50.2 Å². The Hall–Kier alpha value is -3.72. The van der Waals surface area contributed by atoms with Crippen LogP contribution in [-0.4, -0.2) is 43.8 Å². The zero-order valence-electron chi connectivity index (χ0n) is 22.9. The van der Waals surface area contributed by atoms with E-state index in [0.29, 0.717) is 0 Å². The molecule has 2 amide bonds. The van der Waals surface area contributed by atoms with Crippen molar-refractivity contribution in [2.75, 3.05) is 10.8 Å². The van der Waals surface area contributed by atoms with E-state index in [9.17, 15) is 22.4 Å². The fourth-order valence-electron chi connectivity index (χ4n) is 5.01. The Balaban J connectivity index is 1.66. The van der Waals surface area contributed by atoms with Gasteiger partial charge in [0, 0.05) is 12.6 Å². The minimum atomic E-state index is -4.18. The molecule has 0 spiro atoms. The summed E-state index contributed by atoms with van der Waals surface area (Å²) in [7, 11) is -4.18. The van der Waals surface area contributed by atoms with Crippen molar-refractivity contribution in [1.29, 1.82) is 0 Å². The zero-order chi connectivity index (χ0) is 28.7. The molecule has 40 heavy (non-hydrogen) atoms. The van der Waals surface area contributed by atoms with E-state index in [-0.39, 0.29) is 29.1 Å². The Bertz CT molecular complexity index is 1410. The molecule has 0 aromatic heterocycles. The predicted molar refractivity (Wildman–Crippen MR) is 154 cm³/mol. The summed E-state index contributed by atoms with van der Waals surface area (Å²) in [5, 5.41) is 3.09. The van der Waals surface area contributed by atoms with E-state index in [4.69, 9.17) is 0 Å². The first kappa shape index (κ1) is 29.3. The van der Waals surface area contributed by atoms with Crippen LogP contribution in [0.4, 0.5) is 10.1 Å². The first-order chi connectivity index (χ1) is 19.1. The second kappa shape index (κ2) is 13.1. The first-order valence-corrected chi connectivity index (χ1v) is 15.1. The molecule has 0 saturated heterocycles. The van der Waals surface area contributed by atoms with E-state index in [0.717, 1.165) is 59.7 Å². The highest BCUT2D eigenvalue weighted by Gasteiger charge is 2.33. The average molecular weight is 566 g/mol. The van der Waals surface area contributed by atoms with E-state index < -0.39 is 34.3 Å². The summed E-state index contributed by atoms with van der Waals surface area (Å²) in [4.78, 5) is 28.7. The highest BCUT2D eigenvalue weighted by atomic mass is 32.2. The largest absolute Gasteiger partial charge is 0.352 e. The quantitative estimate of drug-likeness (QED) is 0.366. The van der Waals surface area contributed by atoms with Crippen LogP contribution >= 0.6 is 0 Å². The first-order valence-electron chi connectivity index (χ1n) is 13.6. The van der Waals surface area contributed by atoms with Gasteiger partial charge >= 0.3 is 0 Å². The third-order valence-corrected chi connectivity index (χ3v) is 9.07. The second-order valence-corrected chi connectivity index (χ2v) is 12.2. The minimum absolute atomic E-state index is 0.000416. The van der Waals surface area contributed by atoms with E-state index in [1.165, 1.54) is 29.2 Å². The maximum absolute atomic E-state index is 14.0. The lowest BCUT2D eigenvalue weighted by atomic mass is 9.95. The predicted octanol–water partition coefficient (Wildman–Crippen LogP) is 5.20. The molecule has 4 rings (SSSR count). The molecular weight excluding hydrogens is 529 g/mol. The van der Waals surface area contributed by atoms with Crippen molar-refractivity contribution in [2.24, 2.45) is 0 Å². The van der Waals surface area contributed by atoms with Crippen molar-refractivity contribution in [3.8, 4) is 0 Å². The van der Waals surface area contributed by atoms with E-state index in [1.54, 1.807) is 25.1 Å². The maximum Gasteiger partial charge on any atom is 0.264 e. The summed E-state index contributed by atoms with van der Waals surface area (Å²) in [5.41, 5.74) is 1.97. The smallest absolute Gasteiger partial charge is 0.264 e. The highest BCUT2D eigenvalue weighted by Crippen LogP contribution is 2.25. The van der Waals surface area contributed by atoms with Gasteiger partial charge in [0.1, 0.15) is 18.4 Å². The monoisotopic (exact) mass is 565 g/mol. The summed E-state index contributed by atoms with van der Waals surface area (Å²) in [6, 6.07) is 19.6. The van der Waals surface area contributed by atoms with Gasteiger partial charge in [-0.1, -0.05) is 67.3 Å². The van der Waals surface area contributed by atoms with Gasteiger partial charge in [-0.3, -0.25) is 13.9 Å². The molecule has 1 saturated carbocycles. The molecule has 3 aromatic rings. The normalized spacial score (nSPS) is 14.8. The van der Waals surface area contributed by atoms with Crippen molar-refractivity contribution in [3.05, 3.63) is 95.8 Å². The maximum atomic E-state index is 14.0. The van der Waals surface area contributed by atoms with E-state index >= 15 is 0 Å². The van der Waals surface area contributed by atoms with Crippen molar-refractivity contribution < 1.29 is 22.4 Å². The number of carbonyl (C=O) groups is 2. The number of hydrogen-bond acceptors (Lipinski definition) is 4. The molecule has 7 nitrogen and oxygen atoms in total. The van der Waals surface area contributed by atoms with Crippen LogP contribution in [0.3, 0.4) is 0 Å². The third-order valence-electron chi connectivity index (χ3n) is 7.28. The number of anilines is 1. The van der Waals surface area contributed by atoms with Gasteiger partial charge in [0.25, 0.3) is 10.0 Å². The SMILES string of the molecule is Cc1cccc(CN(C(=O)CN(c2ccc(F)cc2)S(=O)(=O)c2ccccc2)[C@H](C)C(=O)NC2CCCCC2)c1. The number of nitrogens with zero attached hydrogens (tertiary/aromatic N) is 2. The number of amides is 2. The molecule has 1 fully saturated rings. The second-order valence-electron chi connectivity index (χ2n) is 10.3. The Morgan fingerprint density at radius 1 is 0.950 bits per heavy atom. The summed E-state index contributed by atoms with van der Waals surface area (Å²) in [5.74, 6) is -1.34. The molecule has 3 aromatic carbocycles. The molecule has 0 bridgehead atoms. The minimum Gasteiger partial charge on any atom is -0.352 e. The van der Waals surface area contributed by atoms with Gasteiger partial charge in [-0.2, -0.15) is 0 Å². The van der Waals surface area contributed by atoms with Crippen LogP contribution in [0.25, 0.3) is 0 Å². The van der Waals surface area contributed by atoms with Gasteiger partial charge in [-0.25, -0.2) is 12.8 Å². The topological polar surface area (TPSA) is 86.8 Å². The average Bonchev–Trinajstić information content (AvgIpc) is 2.95. The number of carbonyl (C=O) groups excluding carboxylic acids is 2. The molecule has 0 heterocycles. The summed E-state index contributed by atoms with van der Waals surface area (Å²) < 4.78 is 42.2. The lowest BCUT2D eigenvalue weighted by molar-refractivity contribution is -0.139. The number of benzene rings is 3. The number of sulfonamides is 1. The molecule has 212 valence electrons. The van der Waals surface area contributed by atoms with E-state index in [1.807, 2.05) is 31.2 Å². The van der Waals surface area contributed by atoms with Gasteiger partial charge in [-0.15, -0.1) is 0 Å². The lowest BCUT2D eigenvalue weighted by Gasteiger charge is -2.33. The van der Waals surface area contributed by atoms with Crippen LogP contribution in [0.15, 0.2) is 83.8 Å². The van der Waals surface area contributed by atoms with Gasteiger partial charge < -0.3 is 10.2 Å². The number of halogens is 1. The van der Waals surface area contributed by atoms with Crippen LogP contribution in [-0.2, 0) is 26.2 Å². The fraction of sp³-hybridized carbons (Fsp3) is 0.355. The molecule has 1 atom stereocenters. The molecule has 1 aliphatic carbocycles. The van der Waals surface area contributed by atoms with E-state index in [2.05, 4.69) is 5.32 Å².